The molecular weight excluding hydrogens is 500 g/mol. The summed E-state index contributed by atoms with van der Waals surface area (Å²) >= 11 is -2.65. The number of nitrogens with one attached hydrogen (secondary N) is 2. The van der Waals surface area contributed by atoms with E-state index in [1.807, 2.05) is 0 Å². The van der Waals surface area contributed by atoms with Gasteiger partial charge in [0.25, 0.3) is 0 Å². The summed E-state index contributed by atoms with van der Waals surface area (Å²) in [5.41, 5.74) is -0.120. The second kappa shape index (κ2) is 11.3. The van der Waals surface area contributed by atoms with E-state index in [0.717, 1.165) is 22.5 Å². The number of alkyl halides is 3. The molecule has 0 aliphatic carbocycles. The van der Waals surface area contributed by atoms with Gasteiger partial charge in [0.2, 0.25) is 5.91 Å². The largest absolute Gasteiger partial charge is 0.755 e. The lowest BCUT2D eigenvalue weighted by atomic mass is 10.1. The maximum absolute atomic E-state index is 14.3. The summed E-state index contributed by atoms with van der Waals surface area (Å²) in [6.07, 6.45) is -2.22. The number of amides is 1. The number of pyridine rings is 1. The fraction of sp³-hybridized carbons (Fsp3) is 0.167. The average molecular weight is 522 g/mol. The van der Waals surface area contributed by atoms with Crippen LogP contribution in [0.2, 0.25) is 0 Å². The summed E-state index contributed by atoms with van der Waals surface area (Å²) in [5, 5.41) is 5.44. The first-order valence-corrected chi connectivity index (χ1v) is 11.5. The van der Waals surface area contributed by atoms with E-state index < -0.39 is 40.9 Å². The van der Waals surface area contributed by atoms with Gasteiger partial charge < -0.3 is 19.5 Å². The van der Waals surface area contributed by atoms with Crippen molar-refractivity contribution < 1.29 is 31.1 Å². The predicted octanol–water partition coefficient (Wildman–Crippen LogP) is 5.10. The van der Waals surface area contributed by atoms with E-state index in [1.165, 1.54) is 31.3 Å². The van der Waals surface area contributed by atoms with Gasteiger partial charge in [-0.25, -0.2) is 9.37 Å². The second-order valence-corrected chi connectivity index (χ2v) is 8.59. The topological polar surface area (TPSA) is 97.4 Å². The highest BCUT2D eigenvalue weighted by molar-refractivity contribution is 7.80. The first-order chi connectivity index (χ1) is 17.0. The summed E-state index contributed by atoms with van der Waals surface area (Å²) < 4.78 is 76.6. The first kappa shape index (κ1) is 26.8. The molecule has 0 radical (unpaired) electrons. The Labute approximate surface area is 207 Å². The molecule has 0 saturated heterocycles. The maximum Gasteiger partial charge on any atom is 0.433 e. The van der Waals surface area contributed by atoms with Gasteiger partial charge in [-0.1, -0.05) is 24.3 Å². The fourth-order valence-electron chi connectivity index (χ4n) is 3.16. The van der Waals surface area contributed by atoms with E-state index in [-0.39, 0.29) is 17.1 Å². The minimum atomic E-state index is -4.65. The third-order valence-electron chi connectivity index (χ3n) is 5.06. The number of nitrogens with zero attached hydrogens (tertiary/aromatic N) is 2. The number of carbonyl (C=O) groups excluding carboxylic acids is 1. The number of hydrogen-bond donors (Lipinski definition) is 2. The third kappa shape index (κ3) is 6.89. The molecule has 1 aromatic heterocycles. The number of aromatic nitrogens is 1. The summed E-state index contributed by atoms with van der Waals surface area (Å²) in [6, 6.07) is 13.7. The zero-order valence-corrected chi connectivity index (χ0v) is 19.9. The van der Waals surface area contributed by atoms with Crippen LogP contribution >= 0.6 is 0 Å². The summed E-state index contributed by atoms with van der Waals surface area (Å²) in [4.78, 5) is 16.1. The minimum absolute atomic E-state index is 0.0920. The van der Waals surface area contributed by atoms with Crippen molar-refractivity contribution in [2.24, 2.45) is 0 Å². The molecule has 36 heavy (non-hydrogen) atoms. The van der Waals surface area contributed by atoms with Crippen molar-refractivity contribution in [1.82, 2.24) is 10.3 Å². The highest BCUT2D eigenvalue weighted by Crippen LogP contribution is 2.31. The SMILES string of the molecule is CC(NC(=O)C=Cc1ccc(C(F)(F)F)nc1Nc1ccccc1)c1ccc(N(C)S(=O)[O-])c(F)c1. The summed E-state index contributed by atoms with van der Waals surface area (Å²) in [5.74, 6) is -1.47. The molecule has 0 saturated carbocycles. The van der Waals surface area contributed by atoms with Crippen LogP contribution in [0.25, 0.3) is 6.08 Å². The molecule has 1 heterocycles. The molecule has 0 aliphatic heterocycles. The molecular formula is C24H21F4N4O3S-. The van der Waals surface area contributed by atoms with Crippen LogP contribution in [0.3, 0.4) is 0 Å². The van der Waals surface area contributed by atoms with Crippen molar-refractivity contribution in [1.29, 1.82) is 0 Å². The zero-order chi connectivity index (χ0) is 26.5. The molecule has 0 bridgehead atoms. The lowest BCUT2D eigenvalue weighted by molar-refractivity contribution is -0.141. The molecule has 0 aliphatic rings. The van der Waals surface area contributed by atoms with E-state index in [9.17, 15) is 31.1 Å². The molecule has 190 valence electrons. The fourth-order valence-corrected chi connectivity index (χ4v) is 3.47. The van der Waals surface area contributed by atoms with Crippen LogP contribution in [-0.4, -0.2) is 26.7 Å². The number of halogens is 4. The van der Waals surface area contributed by atoms with Crippen molar-refractivity contribution in [2.45, 2.75) is 19.1 Å². The van der Waals surface area contributed by atoms with Crippen molar-refractivity contribution in [3.8, 4) is 0 Å². The molecule has 3 aromatic rings. The van der Waals surface area contributed by atoms with Crippen LogP contribution in [0.15, 0.2) is 66.7 Å². The summed E-state index contributed by atoms with van der Waals surface area (Å²) in [6.45, 7) is 1.59. The molecule has 12 heteroatoms. The standard InChI is InChI=1S/C24H22F4N4O3S/c1-15(17-8-11-20(19(25)14-17)32(2)36(34)35)29-22(33)13-10-16-9-12-21(24(26,27)28)31-23(16)30-18-6-4-3-5-7-18/h3-15H,1-2H3,(H,29,33)(H,30,31)(H,34,35)/p-1. The van der Waals surface area contributed by atoms with Gasteiger partial charge in [0.15, 0.2) is 0 Å². The minimum Gasteiger partial charge on any atom is -0.755 e. The Morgan fingerprint density at radius 2 is 1.83 bits per heavy atom. The first-order valence-electron chi connectivity index (χ1n) is 10.5. The van der Waals surface area contributed by atoms with Crippen LogP contribution in [0.1, 0.15) is 29.8 Å². The molecule has 1 amide bonds. The van der Waals surface area contributed by atoms with Crippen molar-refractivity contribution in [3.63, 3.8) is 0 Å². The lowest BCUT2D eigenvalue weighted by Crippen LogP contribution is -2.25. The van der Waals surface area contributed by atoms with Gasteiger partial charge in [-0.05, 0) is 55.0 Å². The molecule has 2 unspecified atom stereocenters. The van der Waals surface area contributed by atoms with Gasteiger partial charge in [0, 0.05) is 35.6 Å². The van der Waals surface area contributed by atoms with E-state index in [0.29, 0.717) is 11.3 Å². The lowest BCUT2D eigenvalue weighted by Gasteiger charge is -2.22. The van der Waals surface area contributed by atoms with Crippen molar-refractivity contribution in [2.75, 3.05) is 16.7 Å². The predicted molar refractivity (Wildman–Crippen MR) is 128 cm³/mol. The number of carbonyl (C=O) groups is 1. The maximum atomic E-state index is 14.3. The van der Waals surface area contributed by atoms with E-state index in [4.69, 9.17) is 0 Å². The highest BCUT2D eigenvalue weighted by Gasteiger charge is 2.33. The Hall–Kier alpha value is -3.77. The van der Waals surface area contributed by atoms with Crippen LogP contribution in [0, 0.1) is 5.82 Å². The van der Waals surface area contributed by atoms with Crippen molar-refractivity contribution in [3.05, 3.63) is 89.4 Å². The monoisotopic (exact) mass is 521 g/mol. The third-order valence-corrected chi connectivity index (χ3v) is 5.70. The van der Waals surface area contributed by atoms with Gasteiger partial charge in [-0.2, -0.15) is 13.2 Å². The number of rotatable bonds is 8. The van der Waals surface area contributed by atoms with E-state index >= 15 is 0 Å². The van der Waals surface area contributed by atoms with Crippen LogP contribution in [-0.2, 0) is 22.2 Å². The molecule has 2 aromatic carbocycles. The average Bonchev–Trinajstić information content (AvgIpc) is 2.82. The molecule has 3 rings (SSSR count). The number of hydrogen-bond acceptors (Lipinski definition) is 5. The number of anilines is 3. The van der Waals surface area contributed by atoms with Gasteiger partial charge in [0.05, 0.1) is 11.7 Å². The Morgan fingerprint density at radius 3 is 2.44 bits per heavy atom. The second-order valence-electron chi connectivity index (χ2n) is 7.61. The Kier molecular flexibility index (Phi) is 8.43. The Morgan fingerprint density at radius 1 is 1.14 bits per heavy atom. The van der Waals surface area contributed by atoms with Gasteiger partial charge in [0.1, 0.15) is 17.3 Å². The number of benzene rings is 2. The van der Waals surface area contributed by atoms with Gasteiger partial charge in [-0.15, -0.1) is 0 Å². The van der Waals surface area contributed by atoms with Gasteiger partial charge in [-0.3, -0.25) is 9.00 Å². The molecule has 0 spiro atoms. The smallest absolute Gasteiger partial charge is 0.433 e. The normalized spacial score (nSPS) is 13.3. The number of para-hydroxylation sites is 1. The molecule has 0 fully saturated rings. The highest BCUT2D eigenvalue weighted by atomic mass is 32.2. The quantitative estimate of drug-likeness (QED) is 0.244. The molecule has 7 nitrogen and oxygen atoms in total. The van der Waals surface area contributed by atoms with Crippen LogP contribution in [0.5, 0.6) is 0 Å². The Bertz CT molecular complexity index is 1290. The van der Waals surface area contributed by atoms with Crippen molar-refractivity contribution >= 4 is 40.4 Å². The zero-order valence-electron chi connectivity index (χ0n) is 19.0. The van der Waals surface area contributed by atoms with Gasteiger partial charge >= 0.3 is 6.18 Å². The van der Waals surface area contributed by atoms with Crippen LogP contribution < -0.4 is 14.9 Å². The van der Waals surface area contributed by atoms with E-state index in [2.05, 4.69) is 15.6 Å². The summed E-state index contributed by atoms with van der Waals surface area (Å²) in [7, 11) is 1.19. The molecule has 2 atom stereocenters. The molecule has 2 N–H and O–H groups in total. The van der Waals surface area contributed by atoms with E-state index in [1.54, 1.807) is 37.3 Å². The Balaban J connectivity index is 1.77. The van der Waals surface area contributed by atoms with Crippen LogP contribution in [0.4, 0.5) is 34.8 Å².